The first-order valence-corrected chi connectivity index (χ1v) is 8.90. The van der Waals surface area contributed by atoms with Crippen LogP contribution < -0.4 is 14.8 Å². The molecule has 1 aromatic rings. The SMILES string of the molecule is COc1ccc2c3c1OC1C(=O)CCC4C5NC(CC2)C5CC314. The fourth-order valence-electron chi connectivity index (χ4n) is 6.54. The fraction of sp³-hybridized carbons (Fsp3) is 0.632. The van der Waals surface area contributed by atoms with E-state index < -0.39 is 0 Å². The van der Waals surface area contributed by atoms with E-state index in [4.69, 9.17) is 9.47 Å². The smallest absolute Gasteiger partial charge is 0.174 e. The summed E-state index contributed by atoms with van der Waals surface area (Å²) in [6.07, 6.45) is 4.78. The minimum Gasteiger partial charge on any atom is -0.493 e. The molecule has 3 fully saturated rings. The predicted octanol–water partition coefficient (Wildman–Crippen LogP) is 1.98. The largest absolute Gasteiger partial charge is 0.493 e. The van der Waals surface area contributed by atoms with Crippen molar-refractivity contribution in [2.24, 2.45) is 11.8 Å². The second-order valence-electron chi connectivity index (χ2n) is 7.99. The van der Waals surface area contributed by atoms with Crippen LogP contribution in [0.5, 0.6) is 11.5 Å². The molecule has 120 valence electrons. The molecule has 2 bridgehead atoms. The van der Waals surface area contributed by atoms with Gasteiger partial charge in [0.25, 0.3) is 0 Å². The van der Waals surface area contributed by atoms with Crippen molar-refractivity contribution in [3.63, 3.8) is 0 Å². The zero-order valence-electron chi connectivity index (χ0n) is 13.3. The third-order valence-electron chi connectivity index (χ3n) is 7.37. The summed E-state index contributed by atoms with van der Waals surface area (Å²) in [5.74, 6) is 3.22. The highest BCUT2D eigenvalue weighted by molar-refractivity contribution is 5.89. The van der Waals surface area contributed by atoms with Gasteiger partial charge >= 0.3 is 0 Å². The van der Waals surface area contributed by atoms with Gasteiger partial charge < -0.3 is 14.8 Å². The number of aryl methyl sites for hydroxylation is 1. The summed E-state index contributed by atoms with van der Waals surface area (Å²) >= 11 is 0. The molecule has 2 heterocycles. The van der Waals surface area contributed by atoms with Crippen molar-refractivity contribution >= 4 is 5.78 Å². The average molecular weight is 311 g/mol. The van der Waals surface area contributed by atoms with Gasteiger partial charge in [0.1, 0.15) is 0 Å². The first-order valence-electron chi connectivity index (χ1n) is 8.90. The number of ketones is 1. The van der Waals surface area contributed by atoms with E-state index in [9.17, 15) is 4.79 Å². The van der Waals surface area contributed by atoms with Gasteiger partial charge in [-0.1, -0.05) is 6.07 Å². The van der Waals surface area contributed by atoms with Gasteiger partial charge in [-0.2, -0.15) is 0 Å². The number of rotatable bonds is 1. The number of carbonyl (C=O) groups excluding carboxylic acids is 1. The Kier molecular flexibility index (Phi) is 2.18. The van der Waals surface area contributed by atoms with Gasteiger partial charge in [-0.15, -0.1) is 0 Å². The Morgan fingerprint density at radius 2 is 2.22 bits per heavy atom. The van der Waals surface area contributed by atoms with E-state index in [1.165, 1.54) is 17.5 Å². The summed E-state index contributed by atoms with van der Waals surface area (Å²) in [6, 6.07) is 5.45. The van der Waals surface area contributed by atoms with Crippen molar-refractivity contribution < 1.29 is 14.3 Å². The molecule has 6 rings (SSSR count). The molecule has 1 saturated heterocycles. The maximum absolute atomic E-state index is 12.7. The number of hydrogen-bond donors (Lipinski definition) is 1. The van der Waals surface area contributed by atoms with Crippen LogP contribution in [0.3, 0.4) is 0 Å². The van der Waals surface area contributed by atoms with Crippen LogP contribution in [0.1, 0.15) is 36.8 Å². The van der Waals surface area contributed by atoms with Gasteiger partial charge in [-0.05, 0) is 49.1 Å². The average Bonchev–Trinajstić information content (AvgIpc) is 3.04. The van der Waals surface area contributed by atoms with Crippen LogP contribution >= 0.6 is 0 Å². The zero-order valence-corrected chi connectivity index (χ0v) is 13.3. The Morgan fingerprint density at radius 1 is 1.30 bits per heavy atom. The zero-order chi connectivity index (χ0) is 15.3. The summed E-state index contributed by atoms with van der Waals surface area (Å²) in [5, 5.41) is 3.83. The third-order valence-corrected chi connectivity index (χ3v) is 7.37. The lowest BCUT2D eigenvalue weighted by molar-refractivity contribution is -0.132. The van der Waals surface area contributed by atoms with Gasteiger partial charge in [0.05, 0.1) is 7.11 Å². The van der Waals surface area contributed by atoms with Crippen LogP contribution in [-0.2, 0) is 16.6 Å². The van der Waals surface area contributed by atoms with Crippen molar-refractivity contribution in [3.05, 3.63) is 23.3 Å². The van der Waals surface area contributed by atoms with Crippen LogP contribution in [0.4, 0.5) is 0 Å². The molecule has 6 unspecified atom stereocenters. The number of ether oxygens (including phenoxy) is 2. The van der Waals surface area contributed by atoms with Crippen LogP contribution in [-0.4, -0.2) is 31.1 Å². The lowest BCUT2D eigenvalue weighted by Gasteiger charge is -2.45. The maximum atomic E-state index is 12.7. The standard InChI is InChI=1S/C19H21NO3/c1-22-14-7-3-9-2-5-12-10-8-19-11(16(10)20-12)4-6-13(21)18(19)23-17(14)15(9)19/h3,7,10-12,16,18,20H,2,4-6,8H2,1H3. The molecule has 0 radical (unpaired) electrons. The molecule has 6 atom stereocenters. The monoisotopic (exact) mass is 311 g/mol. The molecule has 2 aliphatic heterocycles. The van der Waals surface area contributed by atoms with E-state index in [2.05, 4.69) is 11.4 Å². The molecule has 1 aromatic carbocycles. The van der Waals surface area contributed by atoms with E-state index in [0.29, 0.717) is 30.2 Å². The normalized spacial score (nSPS) is 44.7. The lowest BCUT2D eigenvalue weighted by atomic mass is 9.61. The van der Waals surface area contributed by atoms with Gasteiger partial charge in [0, 0.05) is 29.5 Å². The predicted molar refractivity (Wildman–Crippen MR) is 84.0 cm³/mol. The topological polar surface area (TPSA) is 47.6 Å². The number of methoxy groups -OCH3 is 1. The molecule has 3 aliphatic carbocycles. The van der Waals surface area contributed by atoms with Gasteiger partial charge in [0.15, 0.2) is 23.4 Å². The van der Waals surface area contributed by atoms with Crippen LogP contribution in [0.15, 0.2) is 12.1 Å². The highest BCUT2D eigenvalue weighted by Crippen LogP contribution is 2.66. The van der Waals surface area contributed by atoms with E-state index >= 15 is 0 Å². The minimum absolute atomic E-state index is 0.0912. The molecule has 5 aliphatic rings. The van der Waals surface area contributed by atoms with E-state index in [1.807, 2.05) is 6.07 Å². The Labute approximate surface area is 135 Å². The highest BCUT2D eigenvalue weighted by atomic mass is 16.5. The number of Topliss-reactive ketones (excluding diaryl/α,β-unsaturated/α-hetero) is 1. The van der Waals surface area contributed by atoms with Crippen molar-refractivity contribution in [2.75, 3.05) is 7.11 Å². The number of nitrogens with one attached hydrogen (secondary N) is 1. The van der Waals surface area contributed by atoms with Crippen LogP contribution in [0, 0.1) is 11.8 Å². The molecule has 1 N–H and O–H groups in total. The Hall–Kier alpha value is -1.55. The lowest BCUT2D eigenvalue weighted by Crippen LogP contribution is -2.62. The van der Waals surface area contributed by atoms with Gasteiger partial charge in [-0.25, -0.2) is 0 Å². The quantitative estimate of drug-likeness (QED) is 0.861. The summed E-state index contributed by atoms with van der Waals surface area (Å²) in [6.45, 7) is 0. The minimum atomic E-state index is -0.280. The molecule has 23 heavy (non-hydrogen) atoms. The summed E-state index contributed by atoms with van der Waals surface area (Å²) in [5.41, 5.74) is 2.62. The summed E-state index contributed by atoms with van der Waals surface area (Å²) in [4.78, 5) is 12.7. The first kappa shape index (κ1) is 12.8. The van der Waals surface area contributed by atoms with E-state index in [0.717, 1.165) is 36.7 Å². The summed E-state index contributed by atoms with van der Waals surface area (Å²) in [7, 11) is 1.69. The van der Waals surface area contributed by atoms with Crippen LogP contribution in [0.25, 0.3) is 0 Å². The van der Waals surface area contributed by atoms with Gasteiger partial charge in [0.2, 0.25) is 0 Å². The molecule has 2 saturated carbocycles. The second kappa shape index (κ2) is 3.92. The highest BCUT2D eigenvalue weighted by Gasteiger charge is 2.70. The molecule has 4 heteroatoms. The van der Waals surface area contributed by atoms with Crippen molar-refractivity contribution in [2.45, 2.75) is 55.7 Å². The molecule has 0 aromatic heterocycles. The summed E-state index contributed by atoms with van der Waals surface area (Å²) < 4.78 is 11.9. The van der Waals surface area contributed by atoms with Gasteiger partial charge in [-0.3, -0.25) is 4.79 Å². The Morgan fingerprint density at radius 3 is 3.09 bits per heavy atom. The molecular weight excluding hydrogens is 290 g/mol. The maximum Gasteiger partial charge on any atom is 0.174 e. The fourth-order valence-corrected chi connectivity index (χ4v) is 6.54. The Bertz CT molecular complexity index is 744. The van der Waals surface area contributed by atoms with E-state index in [-0.39, 0.29) is 11.5 Å². The molecule has 0 amide bonds. The number of hydrogen-bond acceptors (Lipinski definition) is 4. The van der Waals surface area contributed by atoms with Crippen molar-refractivity contribution in [1.82, 2.24) is 5.32 Å². The number of carbonyl (C=O) groups is 1. The van der Waals surface area contributed by atoms with Crippen molar-refractivity contribution in [3.8, 4) is 11.5 Å². The number of fused-ring (bicyclic) bond motifs is 1. The van der Waals surface area contributed by atoms with E-state index in [1.54, 1.807) is 7.11 Å². The van der Waals surface area contributed by atoms with Crippen molar-refractivity contribution in [1.29, 1.82) is 0 Å². The molecule has 1 spiro atoms. The third kappa shape index (κ3) is 1.26. The second-order valence-corrected chi connectivity index (χ2v) is 7.99. The molecule has 4 nitrogen and oxygen atoms in total. The van der Waals surface area contributed by atoms with Crippen LogP contribution in [0.2, 0.25) is 0 Å². The Balaban J connectivity index is 1.67. The first-order chi connectivity index (χ1) is 11.2. The molecular formula is C19H21NO3. The number of benzene rings is 1.